The summed E-state index contributed by atoms with van der Waals surface area (Å²) in [7, 11) is -1.08. The Morgan fingerprint density at radius 1 is 1.37 bits per heavy atom. The number of hydrogen-bond acceptors (Lipinski definition) is 5. The average Bonchev–Trinajstić information content (AvgIpc) is 2.70. The van der Waals surface area contributed by atoms with Crippen LogP contribution >= 0.6 is 11.3 Å². The molecular formula is C13H23NO3SSi. The van der Waals surface area contributed by atoms with Crippen molar-refractivity contribution in [2.24, 2.45) is 0 Å². The molecular weight excluding hydrogens is 278 g/mol. The van der Waals surface area contributed by atoms with Crippen molar-refractivity contribution < 1.29 is 14.0 Å². The quantitative estimate of drug-likeness (QED) is 0.619. The molecule has 0 spiro atoms. The largest absolute Gasteiger partial charge is 0.461 e. The predicted molar refractivity (Wildman–Crippen MR) is 80.4 cm³/mol. The van der Waals surface area contributed by atoms with Crippen LogP contribution in [0.4, 0.5) is 0 Å². The number of rotatable bonds is 5. The lowest BCUT2D eigenvalue weighted by Crippen LogP contribution is -2.16. The lowest BCUT2D eigenvalue weighted by atomic mass is 9.93. The Balaban J connectivity index is 3.02. The molecule has 0 aromatic carbocycles. The van der Waals surface area contributed by atoms with Gasteiger partial charge < -0.3 is 9.16 Å². The van der Waals surface area contributed by atoms with Gasteiger partial charge in [-0.1, -0.05) is 20.8 Å². The second-order valence-electron chi connectivity index (χ2n) is 5.62. The van der Waals surface area contributed by atoms with E-state index in [0.717, 1.165) is 9.88 Å². The lowest BCUT2D eigenvalue weighted by molar-refractivity contribution is 0.0517. The van der Waals surface area contributed by atoms with E-state index in [1.54, 1.807) is 18.3 Å². The minimum absolute atomic E-state index is 0.118. The Morgan fingerprint density at radius 2 is 2.00 bits per heavy atom. The van der Waals surface area contributed by atoms with Crippen LogP contribution in [-0.2, 0) is 21.2 Å². The molecule has 0 aliphatic carbocycles. The Labute approximate surface area is 120 Å². The van der Waals surface area contributed by atoms with Crippen LogP contribution in [0.1, 0.15) is 48.1 Å². The van der Waals surface area contributed by atoms with Gasteiger partial charge in [0.15, 0.2) is 14.7 Å². The maximum absolute atomic E-state index is 12.0. The van der Waals surface area contributed by atoms with Crippen LogP contribution in [0.15, 0.2) is 0 Å². The zero-order valence-corrected chi connectivity index (χ0v) is 14.5. The topological polar surface area (TPSA) is 48.4 Å². The van der Waals surface area contributed by atoms with Crippen LogP contribution in [0.2, 0.25) is 13.1 Å². The van der Waals surface area contributed by atoms with Gasteiger partial charge in [0, 0.05) is 4.88 Å². The van der Waals surface area contributed by atoms with E-state index in [2.05, 4.69) is 38.8 Å². The van der Waals surface area contributed by atoms with Gasteiger partial charge in [-0.3, -0.25) is 0 Å². The van der Waals surface area contributed by atoms with Crippen LogP contribution in [0.5, 0.6) is 0 Å². The summed E-state index contributed by atoms with van der Waals surface area (Å²) in [4.78, 5) is 17.3. The zero-order valence-electron chi connectivity index (χ0n) is 12.6. The first-order valence-corrected chi connectivity index (χ1v) is 10.1. The van der Waals surface area contributed by atoms with Crippen LogP contribution in [0, 0.1) is 0 Å². The molecule has 4 nitrogen and oxygen atoms in total. The van der Waals surface area contributed by atoms with Gasteiger partial charge in [-0.25, -0.2) is 9.78 Å². The smallest absolute Gasteiger partial charge is 0.358 e. The molecule has 0 saturated heterocycles. The molecule has 0 amide bonds. The van der Waals surface area contributed by atoms with Gasteiger partial charge in [-0.2, -0.15) is 0 Å². The molecule has 0 N–H and O–H groups in total. The van der Waals surface area contributed by atoms with Gasteiger partial charge in [0.05, 0.1) is 13.2 Å². The highest BCUT2D eigenvalue weighted by Crippen LogP contribution is 2.32. The molecule has 0 aliphatic rings. The third-order valence-electron chi connectivity index (χ3n) is 2.36. The fourth-order valence-corrected chi connectivity index (χ4v) is 3.15. The molecule has 6 heteroatoms. The SMILES string of the molecule is CCOC(=O)c1nc(CO[SiH](C)C)sc1C(C)(C)C. The highest BCUT2D eigenvalue weighted by atomic mass is 32.1. The fraction of sp³-hybridized carbons (Fsp3) is 0.692. The second-order valence-corrected chi connectivity index (χ2v) is 9.13. The van der Waals surface area contributed by atoms with E-state index in [4.69, 9.17) is 9.16 Å². The molecule has 0 saturated carbocycles. The number of hydrogen-bond donors (Lipinski definition) is 0. The van der Waals surface area contributed by atoms with Gasteiger partial charge in [-0.05, 0) is 25.4 Å². The highest BCUT2D eigenvalue weighted by molar-refractivity contribution is 7.12. The van der Waals surface area contributed by atoms with Crippen molar-refractivity contribution in [1.29, 1.82) is 0 Å². The average molecular weight is 301 g/mol. The summed E-state index contributed by atoms with van der Waals surface area (Å²) in [6.07, 6.45) is 0. The Hall–Kier alpha value is -0.723. The van der Waals surface area contributed by atoms with Crippen molar-refractivity contribution >= 4 is 26.3 Å². The second kappa shape index (κ2) is 6.63. The van der Waals surface area contributed by atoms with Crippen molar-refractivity contribution in [1.82, 2.24) is 4.98 Å². The summed E-state index contributed by atoms with van der Waals surface area (Å²) >= 11 is 1.55. The molecule has 0 aliphatic heterocycles. The Morgan fingerprint density at radius 3 is 2.47 bits per heavy atom. The molecule has 19 heavy (non-hydrogen) atoms. The molecule has 0 fully saturated rings. The number of carbonyl (C=O) groups is 1. The maximum Gasteiger partial charge on any atom is 0.358 e. The van der Waals surface area contributed by atoms with Crippen molar-refractivity contribution in [3.8, 4) is 0 Å². The van der Waals surface area contributed by atoms with E-state index < -0.39 is 9.04 Å². The predicted octanol–water partition coefficient (Wildman–Crippen LogP) is 3.12. The molecule has 0 unspecified atom stereocenters. The monoisotopic (exact) mass is 301 g/mol. The number of carbonyl (C=O) groups excluding carboxylic acids is 1. The van der Waals surface area contributed by atoms with E-state index >= 15 is 0 Å². The molecule has 0 atom stereocenters. The van der Waals surface area contributed by atoms with Crippen LogP contribution in [0.25, 0.3) is 0 Å². The standard InChI is InChI=1S/C13H23NO3SSi/c1-7-16-12(15)10-11(13(2,3)4)18-9(14-10)8-17-19(5)6/h19H,7-8H2,1-6H3. The first-order valence-electron chi connectivity index (χ1n) is 6.54. The molecule has 0 bridgehead atoms. The van der Waals surface area contributed by atoms with Crippen molar-refractivity contribution in [3.05, 3.63) is 15.6 Å². The zero-order chi connectivity index (χ0) is 14.6. The van der Waals surface area contributed by atoms with Gasteiger partial charge in [0.1, 0.15) is 5.01 Å². The summed E-state index contributed by atoms with van der Waals surface area (Å²) in [6, 6.07) is 0. The fourth-order valence-electron chi connectivity index (χ4n) is 1.51. The normalized spacial score (nSPS) is 11.9. The molecule has 1 aromatic heterocycles. The summed E-state index contributed by atoms with van der Waals surface area (Å²) < 4.78 is 10.8. The molecule has 1 aromatic rings. The van der Waals surface area contributed by atoms with E-state index in [9.17, 15) is 4.79 Å². The van der Waals surface area contributed by atoms with Crippen LogP contribution in [-0.4, -0.2) is 26.6 Å². The van der Waals surface area contributed by atoms with E-state index in [1.807, 2.05) is 0 Å². The summed E-state index contributed by atoms with van der Waals surface area (Å²) in [6.45, 7) is 13.1. The third kappa shape index (κ3) is 4.70. The van der Waals surface area contributed by atoms with Crippen LogP contribution in [0.3, 0.4) is 0 Å². The first-order chi connectivity index (χ1) is 8.75. The van der Waals surface area contributed by atoms with Gasteiger partial charge >= 0.3 is 5.97 Å². The number of esters is 1. The summed E-state index contributed by atoms with van der Waals surface area (Å²) in [5.74, 6) is -0.336. The number of aromatic nitrogens is 1. The van der Waals surface area contributed by atoms with Crippen LogP contribution < -0.4 is 0 Å². The van der Waals surface area contributed by atoms with E-state index in [-0.39, 0.29) is 11.4 Å². The van der Waals surface area contributed by atoms with Crippen molar-refractivity contribution in [3.63, 3.8) is 0 Å². The van der Waals surface area contributed by atoms with Gasteiger partial charge in [-0.15, -0.1) is 11.3 Å². The third-order valence-corrected chi connectivity index (χ3v) is 4.65. The Kier molecular flexibility index (Phi) is 5.70. The number of nitrogens with zero attached hydrogens (tertiary/aromatic N) is 1. The summed E-state index contributed by atoms with van der Waals surface area (Å²) in [5.41, 5.74) is 0.330. The van der Waals surface area contributed by atoms with Crippen molar-refractivity contribution in [2.45, 2.75) is 52.8 Å². The van der Waals surface area contributed by atoms with E-state index in [0.29, 0.717) is 18.9 Å². The first kappa shape index (κ1) is 16.3. The maximum atomic E-state index is 12.0. The van der Waals surface area contributed by atoms with Gasteiger partial charge in [0.2, 0.25) is 0 Å². The molecule has 108 valence electrons. The molecule has 1 heterocycles. The van der Waals surface area contributed by atoms with E-state index in [1.165, 1.54) is 0 Å². The molecule has 1 rings (SSSR count). The summed E-state index contributed by atoms with van der Waals surface area (Å²) in [5, 5.41) is 0.856. The minimum Gasteiger partial charge on any atom is -0.461 e. The highest BCUT2D eigenvalue weighted by Gasteiger charge is 2.27. The van der Waals surface area contributed by atoms with Crippen molar-refractivity contribution in [2.75, 3.05) is 6.61 Å². The van der Waals surface area contributed by atoms with Gasteiger partial charge in [0.25, 0.3) is 0 Å². The minimum atomic E-state index is -1.08. The molecule has 0 radical (unpaired) electrons. The number of ether oxygens (including phenoxy) is 1. The lowest BCUT2D eigenvalue weighted by Gasteiger charge is -2.16. The Bertz CT molecular complexity index is 438. The number of thiazole rings is 1.